The Labute approximate surface area is 81.0 Å². The molecule has 0 aromatic heterocycles. The fraction of sp³-hybridized carbons (Fsp3) is 0.667. The lowest BCUT2D eigenvalue weighted by Gasteiger charge is -2.13. The highest BCUT2D eigenvalue weighted by atomic mass is 16.6. The van der Waals surface area contributed by atoms with Crippen LogP contribution >= 0.6 is 0 Å². The van der Waals surface area contributed by atoms with Crippen molar-refractivity contribution in [2.24, 2.45) is 5.41 Å². The Morgan fingerprint density at radius 1 is 1.36 bits per heavy atom. The van der Waals surface area contributed by atoms with E-state index in [0.717, 1.165) is 0 Å². The maximum atomic E-state index is 11.3. The van der Waals surface area contributed by atoms with Crippen molar-refractivity contribution in [2.75, 3.05) is 0 Å². The van der Waals surface area contributed by atoms with Crippen LogP contribution in [-0.4, -0.2) is 28.9 Å². The number of ketones is 1. The molecule has 0 amide bonds. The number of hydrogen-bond acceptors (Lipinski definition) is 4. The largest absolute Gasteiger partial charge is 0.480 e. The Kier molecular flexibility index (Phi) is 2.59. The Bertz CT molecular complexity index is 290. The third kappa shape index (κ3) is 1.76. The first-order chi connectivity index (χ1) is 6.40. The molecule has 0 bridgehead atoms. The fourth-order valence-corrected chi connectivity index (χ4v) is 0.987. The average molecular weight is 200 g/mol. The molecule has 1 rings (SSSR count). The zero-order valence-electron chi connectivity index (χ0n) is 8.07. The van der Waals surface area contributed by atoms with E-state index in [9.17, 15) is 14.4 Å². The molecule has 0 aromatic carbocycles. The van der Waals surface area contributed by atoms with Gasteiger partial charge in [0.15, 0.2) is 17.3 Å². The van der Waals surface area contributed by atoms with Crippen molar-refractivity contribution in [2.45, 2.75) is 32.8 Å². The number of ether oxygens (including phenoxy) is 1. The summed E-state index contributed by atoms with van der Waals surface area (Å²) in [6, 6.07) is 0. The second kappa shape index (κ2) is 3.40. The van der Waals surface area contributed by atoms with Crippen molar-refractivity contribution in [3.8, 4) is 0 Å². The first kappa shape index (κ1) is 10.7. The molecule has 1 N–H and O–H groups in total. The fourth-order valence-electron chi connectivity index (χ4n) is 0.987. The first-order valence-electron chi connectivity index (χ1n) is 4.35. The van der Waals surface area contributed by atoms with E-state index in [1.165, 1.54) is 13.8 Å². The molecule has 0 saturated heterocycles. The predicted octanol–water partition coefficient (Wildman–Crippen LogP) is 0.372. The van der Waals surface area contributed by atoms with Gasteiger partial charge in [-0.2, -0.15) is 0 Å². The monoisotopic (exact) mass is 200 g/mol. The van der Waals surface area contributed by atoms with Crippen LogP contribution in [-0.2, 0) is 19.1 Å². The molecule has 0 aliphatic heterocycles. The topological polar surface area (TPSA) is 80.7 Å². The number of esters is 1. The predicted molar refractivity (Wildman–Crippen MR) is 45.5 cm³/mol. The number of carboxylic acids is 1. The van der Waals surface area contributed by atoms with Crippen LogP contribution < -0.4 is 0 Å². The Morgan fingerprint density at radius 2 is 1.86 bits per heavy atom. The highest BCUT2D eigenvalue weighted by Gasteiger charge is 2.59. The third-order valence-corrected chi connectivity index (χ3v) is 2.41. The SMILES string of the molecule is CC(=O)C(C)OC(=O)C1(C(=O)O)CC1. The lowest BCUT2D eigenvalue weighted by molar-refractivity contribution is -0.166. The van der Waals surface area contributed by atoms with Crippen LogP contribution in [0.3, 0.4) is 0 Å². The minimum absolute atomic E-state index is 0.292. The smallest absolute Gasteiger partial charge is 0.324 e. The van der Waals surface area contributed by atoms with Gasteiger partial charge in [-0.1, -0.05) is 0 Å². The van der Waals surface area contributed by atoms with E-state index in [4.69, 9.17) is 9.84 Å². The summed E-state index contributed by atoms with van der Waals surface area (Å²) in [5.41, 5.74) is -1.37. The van der Waals surface area contributed by atoms with Crippen molar-refractivity contribution >= 4 is 17.7 Å². The van der Waals surface area contributed by atoms with Crippen LogP contribution in [0, 0.1) is 5.41 Å². The minimum atomic E-state index is -1.37. The quantitative estimate of drug-likeness (QED) is 0.523. The van der Waals surface area contributed by atoms with Crippen molar-refractivity contribution in [1.29, 1.82) is 0 Å². The number of hydrogen-bond donors (Lipinski definition) is 1. The van der Waals surface area contributed by atoms with Gasteiger partial charge < -0.3 is 9.84 Å². The standard InChI is InChI=1S/C9H12O5/c1-5(10)6(2)14-8(13)9(3-4-9)7(11)12/h6H,3-4H2,1-2H3,(H,11,12). The summed E-state index contributed by atoms with van der Waals surface area (Å²) in [6.45, 7) is 2.72. The number of carbonyl (C=O) groups excluding carboxylic acids is 2. The molecule has 5 heteroatoms. The molecule has 5 nitrogen and oxygen atoms in total. The van der Waals surface area contributed by atoms with E-state index in [-0.39, 0.29) is 5.78 Å². The number of rotatable bonds is 4. The Hall–Kier alpha value is -1.39. The number of carboxylic acid groups (broad SMARTS) is 1. The van der Waals surface area contributed by atoms with E-state index in [1.807, 2.05) is 0 Å². The molecule has 1 unspecified atom stereocenters. The van der Waals surface area contributed by atoms with E-state index >= 15 is 0 Å². The van der Waals surface area contributed by atoms with E-state index < -0.39 is 23.5 Å². The molecule has 1 saturated carbocycles. The van der Waals surface area contributed by atoms with Crippen LogP contribution in [0.5, 0.6) is 0 Å². The zero-order valence-corrected chi connectivity index (χ0v) is 8.07. The molecule has 0 radical (unpaired) electrons. The Morgan fingerprint density at radius 3 is 2.14 bits per heavy atom. The third-order valence-electron chi connectivity index (χ3n) is 2.41. The molecule has 1 aliphatic rings. The van der Waals surface area contributed by atoms with Crippen molar-refractivity contribution in [3.63, 3.8) is 0 Å². The van der Waals surface area contributed by atoms with Gasteiger partial charge in [0.05, 0.1) is 0 Å². The normalized spacial score (nSPS) is 19.6. The lowest BCUT2D eigenvalue weighted by Crippen LogP contribution is -2.32. The summed E-state index contributed by atoms with van der Waals surface area (Å²) in [4.78, 5) is 32.8. The summed E-state index contributed by atoms with van der Waals surface area (Å²) in [5, 5.41) is 8.74. The van der Waals surface area contributed by atoms with Crippen molar-refractivity contribution in [3.05, 3.63) is 0 Å². The molecule has 1 atom stereocenters. The maximum Gasteiger partial charge on any atom is 0.324 e. The summed E-state index contributed by atoms with van der Waals surface area (Å²) < 4.78 is 4.73. The maximum absolute atomic E-state index is 11.3. The van der Waals surface area contributed by atoms with E-state index in [2.05, 4.69) is 0 Å². The van der Waals surface area contributed by atoms with Gasteiger partial charge >= 0.3 is 11.9 Å². The zero-order chi connectivity index (χ0) is 10.9. The molecule has 78 valence electrons. The molecule has 1 aliphatic carbocycles. The van der Waals surface area contributed by atoms with Crippen LogP contribution in [0.1, 0.15) is 26.7 Å². The lowest BCUT2D eigenvalue weighted by atomic mass is 10.1. The van der Waals surface area contributed by atoms with E-state index in [1.54, 1.807) is 0 Å². The van der Waals surface area contributed by atoms with Gasteiger partial charge in [-0.3, -0.25) is 14.4 Å². The Balaban J connectivity index is 2.59. The highest BCUT2D eigenvalue weighted by molar-refractivity contribution is 6.02. The van der Waals surface area contributed by atoms with Gasteiger partial charge in [0.25, 0.3) is 0 Å². The van der Waals surface area contributed by atoms with Crippen LogP contribution in [0.4, 0.5) is 0 Å². The van der Waals surface area contributed by atoms with Crippen molar-refractivity contribution < 1.29 is 24.2 Å². The van der Waals surface area contributed by atoms with Gasteiger partial charge in [0.2, 0.25) is 0 Å². The van der Waals surface area contributed by atoms with Gasteiger partial charge in [-0.15, -0.1) is 0 Å². The van der Waals surface area contributed by atoms with Gasteiger partial charge in [0.1, 0.15) is 0 Å². The summed E-state index contributed by atoms with van der Waals surface area (Å²) >= 11 is 0. The van der Waals surface area contributed by atoms with Gasteiger partial charge in [0, 0.05) is 0 Å². The molecular weight excluding hydrogens is 188 g/mol. The highest BCUT2D eigenvalue weighted by Crippen LogP contribution is 2.47. The second-order valence-corrected chi connectivity index (χ2v) is 3.55. The molecule has 0 heterocycles. The average Bonchev–Trinajstić information content (AvgIpc) is 2.83. The van der Waals surface area contributed by atoms with Gasteiger partial charge in [-0.05, 0) is 26.7 Å². The minimum Gasteiger partial charge on any atom is -0.480 e. The first-order valence-corrected chi connectivity index (χ1v) is 4.35. The van der Waals surface area contributed by atoms with E-state index in [0.29, 0.717) is 12.8 Å². The van der Waals surface area contributed by atoms with Gasteiger partial charge in [-0.25, -0.2) is 0 Å². The number of carbonyl (C=O) groups is 3. The summed E-state index contributed by atoms with van der Waals surface area (Å²) in [6.07, 6.45) is -0.267. The van der Waals surface area contributed by atoms with Crippen molar-refractivity contribution in [1.82, 2.24) is 0 Å². The number of Topliss-reactive ketones (excluding diaryl/α,β-unsaturated/α-hetero) is 1. The molecule has 0 aromatic rings. The van der Waals surface area contributed by atoms with Crippen LogP contribution in [0.25, 0.3) is 0 Å². The molecular formula is C9H12O5. The van der Waals surface area contributed by atoms with Crippen LogP contribution in [0.2, 0.25) is 0 Å². The number of aliphatic carboxylic acids is 1. The van der Waals surface area contributed by atoms with Crippen LogP contribution in [0.15, 0.2) is 0 Å². The summed E-state index contributed by atoms with van der Waals surface area (Å²) in [5.74, 6) is -2.26. The molecule has 0 spiro atoms. The molecule has 14 heavy (non-hydrogen) atoms. The summed E-state index contributed by atoms with van der Waals surface area (Å²) in [7, 11) is 0. The molecule has 1 fully saturated rings. The second-order valence-electron chi connectivity index (χ2n) is 3.55.